The van der Waals surface area contributed by atoms with Crippen LogP contribution >= 0.6 is 0 Å². The Balaban J connectivity index is 1.81. The molecular weight excluding hydrogens is 334 g/mol. The van der Waals surface area contributed by atoms with Crippen molar-refractivity contribution in [1.82, 2.24) is 15.0 Å². The molecule has 0 spiro atoms. The molecule has 0 unspecified atom stereocenters. The summed E-state index contributed by atoms with van der Waals surface area (Å²) in [6.45, 7) is 4.63. The highest BCUT2D eigenvalue weighted by Gasteiger charge is 2.19. The number of nitrogens with zero attached hydrogens (tertiary/aromatic N) is 3. The molecule has 2 aromatic heterocycles. The standard InChI is InChI=1S/C19H23N3O4/c1-12(15-8-9-25-21-15)22(3)11-16-13(2)26-19(20-16)14-6-7-17(23-4)18(10-14)24-5/h6-10,12H,11H2,1-5H3/t12-/m0/s1. The number of ether oxygens (including phenoxy) is 2. The maximum atomic E-state index is 5.88. The van der Waals surface area contributed by atoms with E-state index in [0.29, 0.717) is 23.9 Å². The van der Waals surface area contributed by atoms with E-state index in [0.717, 1.165) is 22.7 Å². The predicted molar refractivity (Wildman–Crippen MR) is 96.2 cm³/mol. The van der Waals surface area contributed by atoms with Crippen LogP contribution in [0.1, 0.15) is 30.1 Å². The molecule has 1 aromatic carbocycles. The van der Waals surface area contributed by atoms with Gasteiger partial charge in [0.05, 0.1) is 26.0 Å². The second-order valence-electron chi connectivity index (χ2n) is 6.11. The molecular formula is C19H23N3O4. The van der Waals surface area contributed by atoms with Gasteiger partial charge in [-0.05, 0) is 39.1 Å². The molecule has 0 fully saturated rings. The molecule has 3 aromatic rings. The van der Waals surface area contributed by atoms with E-state index >= 15 is 0 Å². The normalized spacial score (nSPS) is 12.4. The number of hydrogen-bond donors (Lipinski definition) is 0. The number of methoxy groups -OCH3 is 2. The quantitative estimate of drug-likeness (QED) is 0.636. The second kappa shape index (κ2) is 7.61. The lowest BCUT2D eigenvalue weighted by Gasteiger charge is -2.21. The number of aromatic nitrogens is 2. The van der Waals surface area contributed by atoms with Gasteiger partial charge < -0.3 is 18.4 Å². The molecule has 1 atom stereocenters. The molecule has 0 bridgehead atoms. The summed E-state index contributed by atoms with van der Waals surface area (Å²) in [7, 11) is 5.23. The lowest BCUT2D eigenvalue weighted by molar-refractivity contribution is 0.237. The van der Waals surface area contributed by atoms with Crippen molar-refractivity contribution in [1.29, 1.82) is 0 Å². The number of oxazole rings is 1. The van der Waals surface area contributed by atoms with Crippen LogP contribution in [0, 0.1) is 6.92 Å². The van der Waals surface area contributed by atoms with Gasteiger partial charge in [0.25, 0.3) is 0 Å². The summed E-state index contributed by atoms with van der Waals surface area (Å²) in [5.41, 5.74) is 2.60. The molecule has 0 N–H and O–H groups in total. The first-order valence-corrected chi connectivity index (χ1v) is 8.32. The van der Waals surface area contributed by atoms with Crippen LogP contribution in [0.2, 0.25) is 0 Å². The molecule has 0 saturated heterocycles. The smallest absolute Gasteiger partial charge is 0.226 e. The largest absolute Gasteiger partial charge is 0.493 e. The van der Waals surface area contributed by atoms with Crippen molar-refractivity contribution in [3.8, 4) is 23.0 Å². The third kappa shape index (κ3) is 3.57. The average Bonchev–Trinajstić information content (AvgIpc) is 3.31. The van der Waals surface area contributed by atoms with Gasteiger partial charge in [0.2, 0.25) is 5.89 Å². The van der Waals surface area contributed by atoms with Gasteiger partial charge >= 0.3 is 0 Å². The first kappa shape index (κ1) is 18.0. The summed E-state index contributed by atoms with van der Waals surface area (Å²) in [6.07, 6.45) is 1.58. The Bertz CT molecular complexity index is 858. The minimum absolute atomic E-state index is 0.106. The maximum Gasteiger partial charge on any atom is 0.226 e. The highest BCUT2D eigenvalue weighted by Crippen LogP contribution is 2.33. The fourth-order valence-corrected chi connectivity index (χ4v) is 2.70. The number of benzene rings is 1. The van der Waals surface area contributed by atoms with Gasteiger partial charge in [-0.3, -0.25) is 4.90 Å². The summed E-state index contributed by atoms with van der Waals surface area (Å²) in [5.74, 6) is 2.65. The number of aryl methyl sites for hydroxylation is 1. The lowest BCUT2D eigenvalue weighted by Crippen LogP contribution is -2.22. The van der Waals surface area contributed by atoms with Crippen LogP contribution in [0.3, 0.4) is 0 Å². The molecule has 7 heteroatoms. The molecule has 26 heavy (non-hydrogen) atoms. The Labute approximate surface area is 152 Å². The van der Waals surface area contributed by atoms with Gasteiger partial charge in [-0.25, -0.2) is 4.98 Å². The van der Waals surface area contributed by atoms with Crippen molar-refractivity contribution < 1.29 is 18.4 Å². The SMILES string of the molecule is COc1ccc(-c2nc(CN(C)[C@@H](C)c3ccon3)c(C)o2)cc1OC. The van der Waals surface area contributed by atoms with Crippen LogP contribution in [0.5, 0.6) is 11.5 Å². The van der Waals surface area contributed by atoms with E-state index in [-0.39, 0.29) is 6.04 Å². The molecule has 138 valence electrons. The second-order valence-corrected chi connectivity index (χ2v) is 6.11. The van der Waals surface area contributed by atoms with Crippen LogP contribution in [0.4, 0.5) is 0 Å². The van der Waals surface area contributed by atoms with Gasteiger partial charge in [-0.15, -0.1) is 0 Å². The molecule has 0 aliphatic heterocycles. The van der Waals surface area contributed by atoms with Crippen molar-refractivity contribution in [2.45, 2.75) is 26.4 Å². The third-order valence-electron chi connectivity index (χ3n) is 4.47. The van der Waals surface area contributed by atoms with E-state index in [2.05, 4.69) is 22.0 Å². The Hall–Kier alpha value is -2.80. The molecule has 0 aliphatic rings. The van der Waals surface area contributed by atoms with Gasteiger partial charge in [-0.1, -0.05) is 5.16 Å². The average molecular weight is 357 g/mol. The Morgan fingerprint density at radius 3 is 2.58 bits per heavy atom. The Morgan fingerprint density at radius 1 is 1.15 bits per heavy atom. The monoisotopic (exact) mass is 357 g/mol. The molecule has 7 nitrogen and oxygen atoms in total. The minimum Gasteiger partial charge on any atom is -0.493 e. The van der Waals surface area contributed by atoms with Gasteiger partial charge in [0.15, 0.2) is 11.5 Å². The Morgan fingerprint density at radius 2 is 1.92 bits per heavy atom. The molecule has 0 amide bonds. The summed E-state index contributed by atoms with van der Waals surface area (Å²) in [4.78, 5) is 6.81. The third-order valence-corrected chi connectivity index (χ3v) is 4.47. The van der Waals surface area contributed by atoms with Crippen molar-refractivity contribution in [3.05, 3.63) is 47.7 Å². The van der Waals surface area contributed by atoms with E-state index in [1.165, 1.54) is 0 Å². The molecule has 0 radical (unpaired) electrons. The fourth-order valence-electron chi connectivity index (χ4n) is 2.70. The highest BCUT2D eigenvalue weighted by atomic mass is 16.5. The van der Waals surface area contributed by atoms with E-state index in [4.69, 9.17) is 18.4 Å². The first-order valence-electron chi connectivity index (χ1n) is 8.32. The minimum atomic E-state index is 0.106. The van der Waals surface area contributed by atoms with Gasteiger partial charge in [0.1, 0.15) is 17.7 Å². The maximum absolute atomic E-state index is 5.88. The summed E-state index contributed by atoms with van der Waals surface area (Å²) < 4.78 is 21.4. The van der Waals surface area contributed by atoms with E-state index in [1.807, 2.05) is 38.2 Å². The van der Waals surface area contributed by atoms with Crippen molar-refractivity contribution in [2.24, 2.45) is 0 Å². The highest BCUT2D eigenvalue weighted by molar-refractivity contribution is 5.60. The van der Waals surface area contributed by atoms with E-state index in [1.54, 1.807) is 20.5 Å². The van der Waals surface area contributed by atoms with Crippen LogP contribution in [0.25, 0.3) is 11.5 Å². The Kier molecular flexibility index (Phi) is 5.27. The van der Waals surface area contributed by atoms with Crippen LogP contribution in [-0.4, -0.2) is 36.3 Å². The zero-order valence-electron chi connectivity index (χ0n) is 15.6. The summed E-state index contributed by atoms with van der Waals surface area (Å²) in [5, 5.41) is 4.00. The van der Waals surface area contributed by atoms with Crippen LogP contribution < -0.4 is 9.47 Å². The van der Waals surface area contributed by atoms with Crippen molar-refractivity contribution in [3.63, 3.8) is 0 Å². The molecule has 0 aliphatic carbocycles. The molecule has 0 saturated carbocycles. The van der Waals surface area contributed by atoms with Crippen molar-refractivity contribution in [2.75, 3.05) is 21.3 Å². The van der Waals surface area contributed by atoms with Gasteiger partial charge in [0, 0.05) is 18.2 Å². The zero-order valence-corrected chi connectivity index (χ0v) is 15.6. The van der Waals surface area contributed by atoms with Crippen LogP contribution in [-0.2, 0) is 6.54 Å². The first-order chi connectivity index (χ1) is 12.5. The molecule has 2 heterocycles. The molecule has 3 rings (SSSR count). The van der Waals surface area contributed by atoms with E-state index in [9.17, 15) is 0 Å². The summed E-state index contributed by atoms with van der Waals surface area (Å²) >= 11 is 0. The number of hydrogen-bond acceptors (Lipinski definition) is 7. The van der Waals surface area contributed by atoms with E-state index < -0.39 is 0 Å². The van der Waals surface area contributed by atoms with Crippen LogP contribution in [0.15, 0.2) is 39.5 Å². The van der Waals surface area contributed by atoms with Crippen molar-refractivity contribution >= 4 is 0 Å². The van der Waals surface area contributed by atoms with Gasteiger partial charge in [-0.2, -0.15) is 0 Å². The number of rotatable bonds is 7. The zero-order chi connectivity index (χ0) is 18.7. The topological polar surface area (TPSA) is 73.8 Å². The fraction of sp³-hybridized carbons (Fsp3) is 0.368. The predicted octanol–water partition coefficient (Wildman–Crippen LogP) is 3.85. The summed E-state index contributed by atoms with van der Waals surface area (Å²) in [6, 6.07) is 7.57. The lowest BCUT2D eigenvalue weighted by atomic mass is 10.2.